The van der Waals surface area contributed by atoms with Crippen molar-refractivity contribution in [3.05, 3.63) is 47.3 Å². The predicted octanol–water partition coefficient (Wildman–Crippen LogP) is 3.03. The van der Waals surface area contributed by atoms with Gasteiger partial charge < -0.3 is 10.6 Å². The van der Waals surface area contributed by atoms with Crippen LogP contribution in [0.3, 0.4) is 0 Å². The maximum atomic E-state index is 4.64. The summed E-state index contributed by atoms with van der Waals surface area (Å²) in [5.74, 6) is 0.848. The summed E-state index contributed by atoms with van der Waals surface area (Å²) in [5.41, 5.74) is 4.48. The zero-order valence-electron chi connectivity index (χ0n) is 17.7. The number of guanidine groups is 1. The van der Waals surface area contributed by atoms with Crippen molar-refractivity contribution in [1.82, 2.24) is 25.3 Å². The Morgan fingerprint density at radius 1 is 1.18 bits per heavy atom. The minimum absolute atomic E-state index is 0.572. The lowest BCUT2D eigenvalue weighted by Gasteiger charge is -2.27. The largest absolute Gasteiger partial charge is 0.355 e. The van der Waals surface area contributed by atoms with Gasteiger partial charge in [-0.2, -0.15) is 5.10 Å². The standard InChI is InChI=1S/C22H34N6/c1-5-20(27-12-8-9-13-27)16-25-22(23-4)24-15-19-10-6-7-11-21(19)28-18(3)14-17(2)26-28/h6-7,10-11,14,20H,5,8-9,12-13,15-16H2,1-4H3,(H2,23,24,25). The second-order valence-electron chi connectivity index (χ2n) is 7.58. The Balaban J connectivity index is 1.62. The highest BCUT2D eigenvalue weighted by molar-refractivity contribution is 5.79. The molecule has 2 aromatic rings. The van der Waals surface area contributed by atoms with E-state index in [0.29, 0.717) is 12.6 Å². The molecule has 1 aromatic carbocycles. The molecule has 0 bridgehead atoms. The normalized spacial score (nSPS) is 16.4. The van der Waals surface area contributed by atoms with E-state index in [2.05, 4.69) is 69.8 Å². The van der Waals surface area contributed by atoms with E-state index in [9.17, 15) is 0 Å². The number of hydrogen-bond donors (Lipinski definition) is 2. The number of nitrogens with zero attached hydrogens (tertiary/aromatic N) is 4. The van der Waals surface area contributed by atoms with Crippen molar-refractivity contribution in [3.8, 4) is 5.69 Å². The molecule has 1 aliphatic heterocycles. The number of aromatic nitrogens is 2. The summed E-state index contributed by atoms with van der Waals surface area (Å²) in [5, 5.41) is 11.6. The molecule has 2 heterocycles. The molecule has 1 unspecified atom stereocenters. The maximum absolute atomic E-state index is 4.64. The van der Waals surface area contributed by atoms with Crippen LogP contribution in [0.5, 0.6) is 0 Å². The second-order valence-corrected chi connectivity index (χ2v) is 7.58. The smallest absolute Gasteiger partial charge is 0.191 e. The summed E-state index contributed by atoms with van der Waals surface area (Å²) in [6, 6.07) is 11.1. The zero-order chi connectivity index (χ0) is 19.9. The lowest BCUT2D eigenvalue weighted by molar-refractivity contribution is 0.236. The van der Waals surface area contributed by atoms with E-state index in [1.54, 1.807) is 0 Å². The number of likely N-dealkylation sites (tertiary alicyclic amines) is 1. The number of benzene rings is 1. The van der Waals surface area contributed by atoms with Crippen LogP contribution in [0.15, 0.2) is 35.3 Å². The van der Waals surface area contributed by atoms with Crippen molar-refractivity contribution in [3.63, 3.8) is 0 Å². The first-order chi connectivity index (χ1) is 13.6. The van der Waals surface area contributed by atoms with Crippen molar-refractivity contribution in [2.75, 3.05) is 26.7 Å². The molecule has 6 nitrogen and oxygen atoms in total. The van der Waals surface area contributed by atoms with Gasteiger partial charge in [0.15, 0.2) is 5.96 Å². The van der Waals surface area contributed by atoms with Gasteiger partial charge in [0.2, 0.25) is 0 Å². The molecule has 28 heavy (non-hydrogen) atoms. The minimum Gasteiger partial charge on any atom is -0.355 e. The summed E-state index contributed by atoms with van der Waals surface area (Å²) >= 11 is 0. The summed E-state index contributed by atoms with van der Waals surface area (Å²) in [6.45, 7) is 10.5. The topological polar surface area (TPSA) is 57.5 Å². The second kappa shape index (κ2) is 9.73. The third kappa shape index (κ3) is 4.93. The fourth-order valence-corrected chi connectivity index (χ4v) is 3.99. The lowest BCUT2D eigenvalue weighted by Crippen LogP contribution is -2.46. The van der Waals surface area contributed by atoms with E-state index in [0.717, 1.165) is 36.0 Å². The molecule has 0 amide bonds. The van der Waals surface area contributed by atoms with Crippen LogP contribution in [0.2, 0.25) is 0 Å². The Morgan fingerprint density at radius 3 is 2.57 bits per heavy atom. The van der Waals surface area contributed by atoms with E-state index in [-0.39, 0.29) is 0 Å². The quantitative estimate of drug-likeness (QED) is 0.571. The van der Waals surface area contributed by atoms with Crippen molar-refractivity contribution in [2.24, 2.45) is 4.99 Å². The number of rotatable bonds is 7. The molecular formula is C22H34N6. The Hall–Kier alpha value is -2.34. The Kier molecular flexibility index (Phi) is 7.09. The van der Waals surface area contributed by atoms with Crippen LogP contribution in [0.4, 0.5) is 0 Å². The summed E-state index contributed by atoms with van der Waals surface area (Å²) < 4.78 is 2.02. The molecular weight excluding hydrogens is 348 g/mol. The Labute approximate surface area is 169 Å². The molecule has 0 radical (unpaired) electrons. The van der Waals surface area contributed by atoms with Gasteiger partial charge in [-0.15, -0.1) is 0 Å². The molecule has 1 aromatic heterocycles. The highest BCUT2D eigenvalue weighted by Crippen LogP contribution is 2.17. The van der Waals surface area contributed by atoms with Crippen LogP contribution in [-0.4, -0.2) is 53.4 Å². The first-order valence-electron chi connectivity index (χ1n) is 10.4. The van der Waals surface area contributed by atoms with Gasteiger partial charge >= 0.3 is 0 Å². The Morgan fingerprint density at radius 2 is 1.93 bits per heavy atom. The van der Waals surface area contributed by atoms with Gasteiger partial charge in [-0.25, -0.2) is 4.68 Å². The summed E-state index contributed by atoms with van der Waals surface area (Å²) in [6.07, 6.45) is 3.81. The van der Waals surface area contributed by atoms with Crippen molar-refractivity contribution in [1.29, 1.82) is 0 Å². The van der Waals surface area contributed by atoms with Crippen molar-refractivity contribution < 1.29 is 0 Å². The first kappa shape index (κ1) is 20.4. The first-order valence-corrected chi connectivity index (χ1v) is 10.4. The molecule has 1 fully saturated rings. The monoisotopic (exact) mass is 382 g/mol. The molecule has 152 valence electrons. The minimum atomic E-state index is 0.572. The van der Waals surface area contributed by atoms with Gasteiger partial charge in [0, 0.05) is 31.9 Å². The van der Waals surface area contributed by atoms with E-state index in [4.69, 9.17) is 0 Å². The molecule has 0 aliphatic carbocycles. The molecule has 6 heteroatoms. The molecule has 1 aliphatic rings. The number of aliphatic imine (C=N–C) groups is 1. The van der Waals surface area contributed by atoms with Crippen molar-refractivity contribution >= 4 is 5.96 Å². The highest BCUT2D eigenvalue weighted by Gasteiger charge is 2.20. The van der Waals surface area contributed by atoms with Gasteiger partial charge in [-0.3, -0.25) is 9.89 Å². The maximum Gasteiger partial charge on any atom is 0.191 e. The van der Waals surface area contributed by atoms with E-state index in [1.165, 1.54) is 31.5 Å². The highest BCUT2D eigenvalue weighted by atomic mass is 15.3. The van der Waals surface area contributed by atoms with Gasteiger partial charge in [0.05, 0.1) is 11.4 Å². The van der Waals surface area contributed by atoms with Crippen LogP contribution < -0.4 is 10.6 Å². The third-order valence-electron chi connectivity index (χ3n) is 5.53. The lowest BCUT2D eigenvalue weighted by atomic mass is 10.1. The zero-order valence-corrected chi connectivity index (χ0v) is 17.7. The number of para-hydroxylation sites is 1. The number of aryl methyl sites for hydroxylation is 2. The molecule has 3 rings (SSSR count). The third-order valence-corrected chi connectivity index (χ3v) is 5.53. The van der Waals surface area contributed by atoms with E-state index < -0.39 is 0 Å². The van der Waals surface area contributed by atoms with Crippen molar-refractivity contribution in [2.45, 2.75) is 52.6 Å². The van der Waals surface area contributed by atoms with Crippen LogP contribution >= 0.6 is 0 Å². The van der Waals surface area contributed by atoms with Crippen LogP contribution in [0, 0.1) is 13.8 Å². The predicted molar refractivity (Wildman–Crippen MR) is 116 cm³/mol. The average molecular weight is 383 g/mol. The van der Waals surface area contributed by atoms with Crippen LogP contribution in [0.1, 0.15) is 43.1 Å². The fourth-order valence-electron chi connectivity index (χ4n) is 3.99. The van der Waals surface area contributed by atoms with Gasteiger partial charge in [0.1, 0.15) is 0 Å². The van der Waals surface area contributed by atoms with Gasteiger partial charge in [0.25, 0.3) is 0 Å². The molecule has 0 spiro atoms. The van der Waals surface area contributed by atoms with E-state index in [1.807, 2.05) is 18.7 Å². The SMILES string of the molecule is CCC(CNC(=NC)NCc1ccccc1-n1nc(C)cc1C)N1CCCC1. The van der Waals surface area contributed by atoms with Crippen LogP contribution in [-0.2, 0) is 6.54 Å². The molecule has 2 N–H and O–H groups in total. The molecule has 1 saturated heterocycles. The number of nitrogens with one attached hydrogen (secondary N) is 2. The van der Waals surface area contributed by atoms with Crippen LogP contribution in [0.25, 0.3) is 5.69 Å². The van der Waals surface area contributed by atoms with Gasteiger partial charge in [-0.1, -0.05) is 25.1 Å². The summed E-state index contributed by atoms with van der Waals surface area (Å²) in [4.78, 5) is 7.01. The van der Waals surface area contributed by atoms with E-state index >= 15 is 0 Å². The number of hydrogen-bond acceptors (Lipinski definition) is 3. The fraction of sp³-hybridized carbons (Fsp3) is 0.545. The molecule has 0 saturated carbocycles. The Bertz CT molecular complexity index is 788. The van der Waals surface area contributed by atoms with Gasteiger partial charge in [-0.05, 0) is 63.9 Å². The summed E-state index contributed by atoms with van der Waals surface area (Å²) in [7, 11) is 1.83. The average Bonchev–Trinajstić information content (AvgIpc) is 3.34. The molecule has 1 atom stereocenters.